The number of fused-ring (bicyclic) bond motifs is 1. The lowest BCUT2D eigenvalue weighted by atomic mass is 9.82. The van der Waals surface area contributed by atoms with Gasteiger partial charge in [-0.2, -0.15) is 0 Å². The summed E-state index contributed by atoms with van der Waals surface area (Å²) >= 11 is 7.76. The van der Waals surface area contributed by atoms with Gasteiger partial charge in [-0.05, 0) is 54.3 Å². The molecular formula is C30H36ClN4O2S+. The van der Waals surface area contributed by atoms with E-state index in [2.05, 4.69) is 67.4 Å². The summed E-state index contributed by atoms with van der Waals surface area (Å²) < 4.78 is 0.103. The first-order chi connectivity index (χ1) is 18.1. The van der Waals surface area contributed by atoms with Gasteiger partial charge in [-0.3, -0.25) is 9.79 Å². The van der Waals surface area contributed by atoms with Crippen molar-refractivity contribution in [2.75, 3.05) is 20.6 Å². The van der Waals surface area contributed by atoms with Crippen LogP contribution in [0.25, 0.3) is 0 Å². The summed E-state index contributed by atoms with van der Waals surface area (Å²) in [6.07, 6.45) is 2.33. The Kier molecular flexibility index (Phi) is 7.22. The number of amides is 2. The third kappa shape index (κ3) is 4.48. The molecule has 1 unspecified atom stereocenters. The Morgan fingerprint density at radius 1 is 1.18 bits per heavy atom. The molecule has 8 heteroatoms. The van der Waals surface area contributed by atoms with Crippen LogP contribution in [0.1, 0.15) is 50.8 Å². The molecule has 2 aromatic carbocycles. The average Bonchev–Trinajstić information content (AvgIpc) is 3.54. The van der Waals surface area contributed by atoms with Crippen LogP contribution < -0.4 is 5.32 Å². The quantitative estimate of drug-likeness (QED) is 0.478. The fraction of sp³-hybridized carbons (Fsp3) is 0.433. The molecule has 5 rings (SSSR count). The Bertz CT molecular complexity index is 1310. The number of rotatable bonds is 6. The van der Waals surface area contributed by atoms with E-state index in [1.54, 1.807) is 7.05 Å². The van der Waals surface area contributed by atoms with Crippen molar-refractivity contribution >= 4 is 40.3 Å². The Balaban J connectivity index is 1.60. The summed E-state index contributed by atoms with van der Waals surface area (Å²) in [6, 6.07) is 18.0. The minimum absolute atomic E-state index is 0.0153. The SMILES string of the molecule is CNC(=O)[C@@H]1CCC[N+]1(C)C(=O)C1=C(C(C)C)N2C(=N[C@@](C)(Cc3ccccc3)[C@H]2c2ccc(Cl)cc2)S1. The predicted octanol–water partition coefficient (Wildman–Crippen LogP) is 5.55. The number of nitrogens with one attached hydrogen (secondary N) is 1. The molecule has 1 N–H and O–H groups in total. The number of likely N-dealkylation sites (N-methyl/N-ethyl adjacent to an activating group) is 2. The molecule has 2 aromatic rings. The topological polar surface area (TPSA) is 61.8 Å². The van der Waals surface area contributed by atoms with Crippen LogP contribution in [0, 0.1) is 5.92 Å². The zero-order chi connectivity index (χ0) is 27.2. The molecule has 6 nitrogen and oxygen atoms in total. The van der Waals surface area contributed by atoms with Crippen LogP contribution in [0.2, 0.25) is 5.02 Å². The summed E-state index contributed by atoms with van der Waals surface area (Å²) in [6.45, 7) is 7.14. The van der Waals surface area contributed by atoms with E-state index in [-0.39, 0.29) is 34.3 Å². The molecule has 0 aromatic heterocycles. The van der Waals surface area contributed by atoms with E-state index in [4.69, 9.17) is 16.6 Å². The fourth-order valence-electron chi connectivity index (χ4n) is 6.37. The van der Waals surface area contributed by atoms with Gasteiger partial charge in [0.25, 0.3) is 5.91 Å². The van der Waals surface area contributed by atoms with Crippen LogP contribution >= 0.6 is 23.4 Å². The first kappa shape index (κ1) is 27.0. The smallest absolute Gasteiger partial charge is 0.354 e. The van der Waals surface area contributed by atoms with Crippen LogP contribution in [-0.2, 0) is 16.0 Å². The van der Waals surface area contributed by atoms with Gasteiger partial charge in [0, 0.05) is 30.6 Å². The van der Waals surface area contributed by atoms with Crippen molar-refractivity contribution in [1.82, 2.24) is 10.2 Å². The molecule has 4 atom stereocenters. The molecule has 0 bridgehead atoms. The first-order valence-electron chi connectivity index (χ1n) is 13.3. The van der Waals surface area contributed by atoms with Gasteiger partial charge in [0.1, 0.15) is 4.91 Å². The largest absolute Gasteiger partial charge is 0.354 e. The van der Waals surface area contributed by atoms with Gasteiger partial charge in [0.15, 0.2) is 11.2 Å². The Labute approximate surface area is 234 Å². The molecule has 38 heavy (non-hydrogen) atoms. The highest BCUT2D eigenvalue weighted by molar-refractivity contribution is 8.18. The van der Waals surface area contributed by atoms with Crippen molar-refractivity contribution in [1.29, 1.82) is 0 Å². The van der Waals surface area contributed by atoms with Crippen molar-refractivity contribution < 1.29 is 14.1 Å². The number of halogens is 1. The van der Waals surface area contributed by atoms with Crippen LogP contribution in [0.4, 0.5) is 0 Å². The predicted molar refractivity (Wildman–Crippen MR) is 155 cm³/mol. The van der Waals surface area contributed by atoms with E-state index in [1.807, 2.05) is 25.2 Å². The molecule has 200 valence electrons. The van der Waals surface area contributed by atoms with Crippen molar-refractivity contribution in [3.63, 3.8) is 0 Å². The zero-order valence-electron chi connectivity index (χ0n) is 22.7. The summed E-state index contributed by atoms with van der Waals surface area (Å²) in [4.78, 5) is 35.4. The lowest BCUT2D eigenvalue weighted by Crippen LogP contribution is -2.58. The van der Waals surface area contributed by atoms with Gasteiger partial charge in [-0.15, -0.1) is 0 Å². The van der Waals surface area contributed by atoms with Gasteiger partial charge < -0.3 is 10.2 Å². The second-order valence-corrected chi connectivity index (χ2v) is 12.7. The van der Waals surface area contributed by atoms with E-state index < -0.39 is 5.54 Å². The lowest BCUT2D eigenvalue weighted by Gasteiger charge is -2.37. The third-order valence-corrected chi connectivity index (χ3v) is 9.53. The highest BCUT2D eigenvalue weighted by atomic mass is 35.5. The number of likely N-dealkylation sites (tertiary alicyclic amines) is 1. The van der Waals surface area contributed by atoms with Crippen molar-refractivity contribution in [2.45, 2.75) is 57.7 Å². The third-order valence-electron chi connectivity index (χ3n) is 8.22. The number of nitrogens with zero attached hydrogens (tertiary/aromatic N) is 3. The normalized spacial score (nSPS) is 28.6. The highest BCUT2D eigenvalue weighted by Crippen LogP contribution is 2.54. The number of allylic oxidation sites excluding steroid dienone is 1. The van der Waals surface area contributed by atoms with Gasteiger partial charge in [-0.1, -0.05) is 67.9 Å². The Hall–Kier alpha value is -2.61. The molecule has 3 heterocycles. The number of carbonyl (C=O) groups is 2. The molecule has 0 aliphatic carbocycles. The van der Waals surface area contributed by atoms with Crippen LogP contribution in [0.15, 0.2) is 70.2 Å². The van der Waals surface area contributed by atoms with Gasteiger partial charge in [-0.25, -0.2) is 9.28 Å². The van der Waals surface area contributed by atoms with Gasteiger partial charge >= 0.3 is 5.91 Å². The highest BCUT2D eigenvalue weighted by Gasteiger charge is 2.56. The Morgan fingerprint density at radius 2 is 1.87 bits per heavy atom. The molecule has 3 aliphatic heterocycles. The number of carbonyl (C=O) groups excluding carboxylic acids is 2. The molecule has 1 saturated heterocycles. The molecule has 0 radical (unpaired) electrons. The van der Waals surface area contributed by atoms with Crippen LogP contribution in [0.3, 0.4) is 0 Å². The van der Waals surface area contributed by atoms with Crippen LogP contribution in [0.5, 0.6) is 0 Å². The number of thioether (sulfide) groups is 1. The van der Waals surface area contributed by atoms with E-state index in [0.717, 1.165) is 34.2 Å². The molecule has 1 fully saturated rings. The van der Waals surface area contributed by atoms with Crippen LogP contribution in [-0.4, -0.2) is 58.6 Å². The minimum atomic E-state index is -0.441. The second kappa shape index (κ2) is 10.2. The van der Waals surface area contributed by atoms with E-state index in [9.17, 15) is 9.59 Å². The number of hydrogen-bond donors (Lipinski definition) is 1. The summed E-state index contributed by atoms with van der Waals surface area (Å²) in [7, 11) is 3.57. The number of hydrogen-bond acceptors (Lipinski definition) is 5. The van der Waals surface area contributed by atoms with E-state index in [1.165, 1.54) is 17.3 Å². The fourth-order valence-corrected chi connectivity index (χ4v) is 7.97. The van der Waals surface area contributed by atoms with E-state index in [0.29, 0.717) is 18.0 Å². The van der Waals surface area contributed by atoms with Crippen molar-refractivity contribution in [3.8, 4) is 0 Å². The molecule has 3 aliphatic rings. The average molecular weight is 552 g/mol. The van der Waals surface area contributed by atoms with E-state index >= 15 is 0 Å². The molecule has 0 spiro atoms. The molecule has 0 saturated carbocycles. The molecule has 2 amide bonds. The summed E-state index contributed by atoms with van der Waals surface area (Å²) in [5.41, 5.74) is 2.89. The van der Waals surface area contributed by atoms with Crippen molar-refractivity contribution in [2.24, 2.45) is 10.9 Å². The maximum Gasteiger partial charge on any atom is 0.354 e. The summed E-state index contributed by atoms with van der Waals surface area (Å²) in [5, 5.41) is 4.32. The zero-order valence-corrected chi connectivity index (χ0v) is 24.3. The van der Waals surface area contributed by atoms with Crippen molar-refractivity contribution in [3.05, 3.63) is 81.3 Å². The minimum Gasteiger partial charge on any atom is -0.354 e. The standard InChI is InChI=1S/C30H35ClN4O2S/c1-19(2)24-25(28(37)35(5)17-9-12-23(35)27(36)32-4)38-29-33-30(3,18-20-10-7-6-8-11-20)26(34(24)29)21-13-15-22(31)16-14-21/h6-8,10-11,13-16,19,23,26H,9,12,17-18H2,1-5H3/p+1/t23-,26+,30-,35?/m0/s1. The second-order valence-electron chi connectivity index (χ2n) is 11.3. The lowest BCUT2D eigenvalue weighted by molar-refractivity contribution is -0.835. The van der Waals surface area contributed by atoms with Gasteiger partial charge in [0.05, 0.1) is 25.2 Å². The molecular weight excluding hydrogens is 516 g/mol. The number of quaternary nitrogens is 1. The maximum absolute atomic E-state index is 14.3. The van der Waals surface area contributed by atoms with Gasteiger partial charge in [0.2, 0.25) is 0 Å². The number of aliphatic imine (C=N–C) groups is 1. The monoisotopic (exact) mass is 551 g/mol. The first-order valence-corrected chi connectivity index (χ1v) is 14.5. The number of benzene rings is 2. The summed E-state index contributed by atoms with van der Waals surface area (Å²) in [5.74, 6) is 0.0394. The number of amidine groups is 1. The maximum atomic E-state index is 14.3. The Morgan fingerprint density at radius 3 is 2.50 bits per heavy atom.